The Labute approximate surface area is 142 Å². The fourth-order valence-electron chi connectivity index (χ4n) is 2.23. The van der Waals surface area contributed by atoms with Gasteiger partial charge in [0, 0.05) is 6.20 Å². The molecule has 0 saturated heterocycles. The van der Waals surface area contributed by atoms with Crippen LogP contribution >= 0.6 is 0 Å². The van der Waals surface area contributed by atoms with Gasteiger partial charge in [-0.15, -0.1) is 0 Å². The zero-order chi connectivity index (χ0) is 17.6. The van der Waals surface area contributed by atoms with Crippen molar-refractivity contribution in [2.75, 3.05) is 11.9 Å². The van der Waals surface area contributed by atoms with Crippen LogP contribution in [0.3, 0.4) is 0 Å². The quantitative estimate of drug-likeness (QED) is 0.707. The Morgan fingerprint density at radius 3 is 2.60 bits per heavy atom. The van der Waals surface area contributed by atoms with E-state index in [0.717, 1.165) is 0 Å². The summed E-state index contributed by atoms with van der Waals surface area (Å²) in [5.41, 5.74) is 0.262. The van der Waals surface area contributed by atoms with Gasteiger partial charge in [-0.2, -0.15) is 0 Å². The van der Waals surface area contributed by atoms with Crippen molar-refractivity contribution in [3.05, 3.63) is 65.3 Å². The van der Waals surface area contributed by atoms with Gasteiger partial charge in [-0.05, 0) is 24.3 Å². The third-order valence-electron chi connectivity index (χ3n) is 3.42. The average Bonchev–Trinajstić information content (AvgIpc) is 2.63. The molecule has 2 heterocycles. The molecular weight excluding hydrogens is 322 g/mol. The number of aromatic nitrogens is 3. The van der Waals surface area contributed by atoms with Crippen LogP contribution in [0, 0.1) is 0 Å². The van der Waals surface area contributed by atoms with Gasteiger partial charge in [0.2, 0.25) is 11.8 Å². The zero-order valence-corrected chi connectivity index (χ0v) is 13.2. The number of hydrogen-bond acceptors (Lipinski definition) is 5. The molecule has 0 fully saturated rings. The minimum Gasteiger partial charge on any atom is -0.345 e. The van der Waals surface area contributed by atoms with Crippen molar-refractivity contribution >= 4 is 28.5 Å². The Morgan fingerprint density at radius 2 is 1.80 bits per heavy atom. The van der Waals surface area contributed by atoms with E-state index < -0.39 is 11.8 Å². The number of amides is 2. The van der Waals surface area contributed by atoms with E-state index in [2.05, 4.69) is 20.6 Å². The molecule has 0 aliphatic carbocycles. The third kappa shape index (κ3) is 4.05. The van der Waals surface area contributed by atoms with Crippen LogP contribution in [-0.4, -0.2) is 32.9 Å². The van der Waals surface area contributed by atoms with Crippen LogP contribution in [0.15, 0.2) is 59.8 Å². The van der Waals surface area contributed by atoms with Gasteiger partial charge in [0.15, 0.2) is 0 Å². The minimum absolute atomic E-state index is 0.215. The Kier molecular flexibility index (Phi) is 4.79. The summed E-state index contributed by atoms with van der Waals surface area (Å²) >= 11 is 0. The zero-order valence-electron chi connectivity index (χ0n) is 13.2. The van der Waals surface area contributed by atoms with E-state index in [-0.39, 0.29) is 18.6 Å². The Morgan fingerprint density at radius 1 is 1.00 bits per heavy atom. The molecule has 0 atom stereocenters. The SMILES string of the molecule is O=C(Cn1cnc2ccccc2c1=O)NCC(=O)Nc1ccccn1. The van der Waals surface area contributed by atoms with Gasteiger partial charge in [0.1, 0.15) is 12.4 Å². The molecule has 0 saturated carbocycles. The third-order valence-corrected chi connectivity index (χ3v) is 3.42. The number of hydrogen-bond donors (Lipinski definition) is 2. The first kappa shape index (κ1) is 16.3. The van der Waals surface area contributed by atoms with Crippen molar-refractivity contribution in [3.8, 4) is 0 Å². The molecule has 3 aromatic rings. The van der Waals surface area contributed by atoms with Gasteiger partial charge < -0.3 is 10.6 Å². The highest BCUT2D eigenvalue weighted by Crippen LogP contribution is 2.04. The smallest absolute Gasteiger partial charge is 0.261 e. The summed E-state index contributed by atoms with van der Waals surface area (Å²) in [5.74, 6) is -0.469. The number of nitrogens with one attached hydrogen (secondary N) is 2. The standard InChI is InChI=1S/C17H15N5O3/c23-15(21-14-7-3-4-8-18-14)9-19-16(24)10-22-11-20-13-6-2-1-5-12(13)17(22)25/h1-8,11H,9-10H2,(H,19,24)(H,18,21,23). The molecule has 0 aliphatic heterocycles. The molecular formula is C17H15N5O3. The molecule has 1 aromatic carbocycles. The number of anilines is 1. The Bertz CT molecular complexity index is 969. The number of fused-ring (bicyclic) bond motifs is 1. The van der Waals surface area contributed by atoms with E-state index >= 15 is 0 Å². The maximum Gasteiger partial charge on any atom is 0.261 e. The molecule has 126 valence electrons. The summed E-state index contributed by atoms with van der Waals surface area (Å²) in [5, 5.41) is 5.45. The van der Waals surface area contributed by atoms with Crippen LogP contribution in [0.5, 0.6) is 0 Å². The average molecular weight is 337 g/mol. The summed E-state index contributed by atoms with van der Waals surface area (Å²) < 4.78 is 1.20. The summed E-state index contributed by atoms with van der Waals surface area (Å²) in [4.78, 5) is 44.1. The second-order valence-corrected chi connectivity index (χ2v) is 5.23. The lowest BCUT2D eigenvalue weighted by Crippen LogP contribution is -2.37. The van der Waals surface area contributed by atoms with Crippen LogP contribution < -0.4 is 16.2 Å². The number of rotatable bonds is 5. The Hall–Kier alpha value is -3.55. The topological polar surface area (TPSA) is 106 Å². The molecule has 2 amide bonds. The number of carbonyl (C=O) groups excluding carboxylic acids is 2. The maximum atomic E-state index is 12.3. The molecule has 8 nitrogen and oxygen atoms in total. The largest absolute Gasteiger partial charge is 0.345 e. The highest BCUT2D eigenvalue weighted by molar-refractivity contribution is 5.93. The number of para-hydroxylation sites is 1. The second-order valence-electron chi connectivity index (χ2n) is 5.23. The summed E-state index contributed by atoms with van der Waals surface area (Å²) in [6.45, 7) is -0.432. The van der Waals surface area contributed by atoms with E-state index in [4.69, 9.17) is 0 Å². The van der Waals surface area contributed by atoms with E-state index in [1.807, 2.05) is 0 Å². The molecule has 0 bridgehead atoms. The van der Waals surface area contributed by atoms with Crippen molar-refractivity contribution in [1.82, 2.24) is 19.9 Å². The predicted octanol–water partition coefficient (Wildman–Crippen LogP) is 0.546. The van der Waals surface area contributed by atoms with Crippen molar-refractivity contribution in [2.45, 2.75) is 6.54 Å². The van der Waals surface area contributed by atoms with Gasteiger partial charge >= 0.3 is 0 Å². The van der Waals surface area contributed by atoms with E-state index in [9.17, 15) is 14.4 Å². The van der Waals surface area contributed by atoms with Gasteiger partial charge in [0.25, 0.3) is 5.56 Å². The van der Waals surface area contributed by atoms with Crippen LogP contribution in [0.1, 0.15) is 0 Å². The first-order chi connectivity index (χ1) is 12.1. The van der Waals surface area contributed by atoms with Crippen molar-refractivity contribution < 1.29 is 9.59 Å². The lowest BCUT2D eigenvalue weighted by atomic mass is 10.2. The first-order valence-corrected chi connectivity index (χ1v) is 7.55. The molecule has 0 aliphatic rings. The molecule has 0 spiro atoms. The second kappa shape index (κ2) is 7.35. The fourth-order valence-corrected chi connectivity index (χ4v) is 2.23. The number of benzene rings is 1. The van der Waals surface area contributed by atoms with Crippen LogP contribution in [-0.2, 0) is 16.1 Å². The number of carbonyl (C=O) groups is 2. The van der Waals surface area contributed by atoms with Crippen molar-refractivity contribution in [2.24, 2.45) is 0 Å². The van der Waals surface area contributed by atoms with E-state index in [1.54, 1.807) is 48.7 Å². The number of nitrogens with zero attached hydrogens (tertiary/aromatic N) is 3. The lowest BCUT2D eigenvalue weighted by Gasteiger charge is -2.08. The first-order valence-electron chi connectivity index (χ1n) is 7.55. The molecule has 8 heteroatoms. The molecule has 0 unspecified atom stereocenters. The van der Waals surface area contributed by atoms with Crippen LogP contribution in [0.4, 0.5) is 5.82 Å². The molecule has 2 N–H and O–H groups in total. The highest BCUT2D eigenvalue weighted by atomic mass is 16.2. The molecule has 3 rings (SSSR count). The maximum absolute atomic E-state index is 12.3. The van der Waals surface area contributed by atoms with Crippen LogP contribution in [0.25, 0.3) is 10.9 Å². The summed E-state index contributed by atoms with van der Waals surface area (Å²) in [7, 11) is 0. The molecule has 25 heavy (non-hydrogen) atoms. The summed E-state index contributed by atoms with van der Waals surface area (Å²) in [6, 6.07) is 12.0. The normalized spacial score (nSPS) is 10.4. The molecule has 2 aromatic heterocycles. The molecule has 0 radical (unpaired) electrons. The monoisotopic (exact) mass is 337 g/mol. The minimum atomic E-state index is -0.463. The van der Waals surface area contributed by atoms with Crippen molar-refractivity contribution in [3.63, 3.8) is 0 Å². The number of pyridine rings is 1. The van der Waals surface area contributed by atoms with E-state index in [1.165, 1.54) is 10.9 Å². The van der Waals surface area contributed by atoms with E-state index in [0.29, 0.717) is 16.7 Å². The van der Waals surface area contributed by atoms with Gasteiger partial charge in [-0.1, -0.05) is 18.2 Å². The predicted molar refractivity (Wildman–Crippen MR) is 91.9 cm³/mol. The van der Waals surface area contributed by atoms with Gasteiger partial charge in [-0.3, -0.25) is 19.0 Å². The van der Waals surface area contributed by atoms with Gasteiger partial charge in [0.05, 0.1) is 23.8 Å². The van der Waals surface area contributed by atoms with Crippen LogP contribution in [0.2, 0.25) is 0 Å². The van der Waals surface area contributed by atoms with Crippen molar-refractivity contribution in [1.29, 1.82) is 0 Å². The highest BCUT2D eigenvalue weighted by Gasteiger charge is 2.09. The fraction of sp³-hybridized carbons (Fsp3) is 0.118. The van der Waals surface area contributed by atoms with Gasteiger partial charge in [-0.25, -0.2) is 9.97 Å². The summed E-state index contributed by atoms with van der Waals surface area (Å²) in [6.07, 6.45) is 2.87. The lowest BCUT2D eigenvalue weighted by molar-refractivity contribution is -0.124. The Balaban J connectivity index is 1.59.